The van der Waals surface area contributed by atoms with E-state index in [9.17, 15) is 4.79 Å². The zero-order valence-electron chi connectivity index (χ0n) is 12.1. The normalized spacial score (nSPS) is 12.4. The summed E-state index contributed by atoms with van der Waals surface area (Å²) < 4.78 is 4.98. The third-order valence-electron chi connectivity index (χ3n) is 3.07. The Morgan fingerprint density at radius 3 is 2.00 bits per heavy atom. The molecule has 0 aliphatic rings. The van der Waals surface area contributed by atoms with Crippen molar-refractivity contribution in [2.45, 2.75) is 84.2 Å². The average molecular weight is 258 g/mol. The number of esters is 1. The van der Waals surface area contributed by atoms with Gasteiger partial charge in [0.05, 0.1) is 6.61 Å². The van der Waals surface area contributed by atoms with Gasteiger partial charge >= 0.3 is 5.97 Å². The van der Waals surface area contributed by atoms with Crippen molar-refractivity contribution in [3.63, 3.8) is 0 Å². The first kappa shape index (κ1) is 17.4. The Morgan fingerprint density at radius 2 is 1.50 bits per heavy atom. The van der Waals surface area contributed by atoms with Crippen LogP contribution in [0, 0.1) is 0 Å². The summed E-state index contributed by atoms with van der Waals surface area (Å²) in [5, 5.41) is 8.74. The predicted octanol–water partition coefficient (Wildman–Crippen LogP) is 3.83. The van der Waals surface area contributed by atoms with E-state index in [1.807, 2.05) is 0 Å². The highest BCUT2D eigenvalue weighted by Crippen LogP contribution is 2.10. The van der Waals surface area contributed by atoms with Crippen molar-refractivity contribution in [2.24, 2.45) is 0 Å². The van der Waals surface area contributed by atoms with Gasteiger partial charge in [-0.3, -0.25) is 4.79 Å². The van der Waals surface area contributed by atoms with E-state index in [2.05, 4.69) is 6.92 Å². The van der Waals surface area contributed by atoms with Gasteiger partial charge < -0.3 is 9.84 Å². The van der Waals surface area contributed by atoms with E-state index in [4.69, 9.17) is 9.84 Å². The largest absolute Gasteiger partial charge is 0.460 e. The molecule has 0 aromatic carbocycles. The van der Waals surface area contributed by atoms with Crippen LogP contribution in [0.1, 0.15) is 78.1 Å². The Kier molecular flexibility index (Phi) is 12.5. The van der Waals surface area contributed by atoms with Gasteiger partial charge in [0.15, 0.2) is 0 Å². The number of ether oxygens (including phenoxy) is 1. The molecule has 0 amide bonds. The molecule has 0 heterocycles. The van der Waals surface area contributed by atoms with Crippen LogP contribution in [0.2, 0.25) is 0 Å². The minimum Gasteiger partial charge on any atom is -0.460 e. The molecule has 108 valence electrons. The second-order valence-corrected chi connectivity index (χ2v) is 5.06. The summed E-state index contributed by atoms with van der Waals surface area (Å²) in [4.78, 5) is 11.3. The third kappa shape index (κ3) is 11.9. The molecule has 3 nitrogen and oxygen atoms in total. The fourth-order valence-electron chi connectivity index (χ4n) is 1.90. The van der Waals surface area contributed by atoms with Crippen LogP contribution in [-0.2, 0) is 9.53 Å². The summed E-state index contributed by atoms with van der Waals surface area (Å²) in [6.45, 7) is 3.84. The number of unbranched alkanes of at least 4 members (excludes halogenated alkanes) is 8. The summed E-state index contributed by atoms with van der Waals surface area (Å²) in [7, 11) is 0. The second-order valence-electron chi connectivity index (χ2n) is 5.06. The lowest BCUT2D eigenvalue weighted by atomic mass is 10.1. The summed E-state index contributed by atoms with van der Waals surface area (Å²) >= 11 is 0. The number of hydrogen-bond donors (Lipinski definition) is 1. The van der Waals surface area contributed by atoms with E-state index < -0.39 is 0 Å². The van der Waals surface area contributed by atoms with Crippen LogP contribution in [0.3, 0.4) is 0 Å². The molecule has 1 unspecified atom stereocenters. The van der Waals surface area contributed by atoms with Crippen LogP contribution >= 0.6 is 0 Å². The van der Waals surface area contributed by atoms with Crippen LogP contribution in [0.25, 0.3) is 0 Å². The quantitative estimate of drug-likeness (QED) is 0.427. The molecule has 0 aliphatic heterocycles. The second kappa shape index (κ2) is 12.9. The Bertz CT molecular complexity index is 192. The Balaban J connectivity index is 3.17. The molecule has 0 saturated heterocycles. The van der Waals surface area contributed by atoms with Crippen molar-refractivity contribution in [1.82, 2.24) is 0 Å². The fourth-order valence-corrected chi connectivity index (χ4v) is 1.90. The first-order valence-electron chi connectivity index (χ1n) is 7.51. The third-order valence-corrected chi connectivity index (χ3v) is 3.07. The topological polar surface area (TPSA) is 46.5 Å². The maximum Gasteiger partial charge on any atom is 0.306 e. The standard InChI is InChI=1S/C15H30O3/c1-3-4-5-6-7-8-9-10-11-12-15(17)18-14(2)13-16/h14,16H,3-13H2,1-2H3. The average Bonchev–Trinajstić information content (AvgIpc) is 2.36. The van der Waals surface area contributed by atoms with E-state index in [1.165, 1.54) is 44.9 Å². The van der Waals surface area contributed by atoms with Gasteiger partial charge in [-0.25, -0.2) is 0 Å². The molecule has 0 aliphatic carbocycles. The molecule has 0 spiro atoms. The molecule has 1 atom stereocenters. The molecule has 0 fully saturated rings. The number of aliphatic hydroxyl groups is 1. The van der Waals surface area contributed by atoms with Crippen molar-refractivity contribution < 1.29 is 14.6 Å². The summed E-state index contributed by atoms with van der Waals surface area (Å²) in [6, 6.07) is 0. The van der Waals surface area contributed by atoms with Crippen LogP contribution in [-0.4, -0.2) is 23.8 Å². The van der Waals surface area contributed by atoms with Gasteiger partial charge in [-0.05, 0) is 13.3 Å². The number of carbonyl (C=O) groups is 1. The summed E-state index contributed by atoms with van der Waals surface area (Å²) in [6.07, 6.45) is 11.3. The minimum absolute atomic E-state index is 0.0938. The zero-order valence-corrected chi connectivity index (χ0v) is 12.1. The van der Waals surface area contributed by atoms with E-state index in [0.717, 1.165) is 12.8 Å². The number of aliphatic hydroxyl groups excluding tert-OH is 1. The summed E-state index contributed by atoms with van der Waals surface area (Å²) in [5.41, 5.74) is 0. The summed E-state index contributed by atoms with van der Waals surface area (Å²) in [5.74, 6) is -0.181. The fraction of sp³-hybridized carbons (Fsp3) is 0.933. The molecule has 0 aromatic heterocycles. The predicted molar refractivity (Wildman–Crippen MR) is 74.5 cm³/mol. The van der Waals surface area contributed by atoms with E-state index in [-0.39, 0.29) is 18.7 Å². The van der Waals surface area contributed by atoms with Crippen LogP contribution in [0.15, 0.2) is 0 Å². The van der Waals surface area contributed by atoms with Gasteiger partial charge in [-0.2, -0.15) is 0 Å². The van der Waals surface area contributed by atoms with Gasteiger partial charge in [-0.1, -0.05) is 58.3 Å². The molecular weight excluding hydrogens is 228 g/mol. The Hall–Kier alpha value is -0.570. The maximum absolute atomic E-state index is 11.3. The minimum atomic E-state index is -0.365. The van der Waals surface area contributed by atoms with Gasteiger partial charge in [0.1, 0.15) is 6.10 Å². The zero-order chi connectivity index (χ0) is 13.6. The van der Waals surface area contributed by atoms with Crippen LogP contribution < -0.4 is 0 Å². The molecule has 0 aromatic rings. The molecule has 0 saturated carbocycles. The van der Waals surface area contributed by atoms with E-state index >= 15 is 0 Å². The molecule has 0 rings (SSSR count). The monoisotopic (exact) mass is 258 g/mol. The Morgan fingerprint density at radius 1 is 1.00 bits per heavy atom. The highest BCUT2D eigenvalue weighted by molar-refractivity contribution is 5.69. The highest BCUT2D eigenvalue weighted by atomic mass is 16.5. The van der Waals surface area contributed by atoms with Gasteiger partial charge in [-0.15, -0.1) is 0 Å². The lowest BCUT2D eigenvalue weighted by molar-refractivity contribution is -0.150. The smallest absolute Gasteiger partial charge is 0.306 e. The van der Waals surface area contributed by atoms with Gasteiger partial charge in [0.2, 0.25) is 0 Å². The van der Waals surface area contributed by atoms with Crippen molar-refractivity contribution in [1.29, 1.82) is 0 Å². The van der Waals surface area contributed by atoms with E-state index in [1.54, 1.807) is 6.92 Å². The SMILES string of the molecule is CCCCCCCCCCCC(=O)OC(C)CO. The lowest BCUT2D eigenvalue weighted by Gasteiger charge is -2.09. The lowest BCUT2D eigenvalue weighted by Crippen LogP contribution is -2.18. The van der Waals surface area contributed by atoms with Crippen molar-refractivity contribution in [2.75, 3.05) is 6.61 Å². The van der Waals surface area contributed by atoms with Crippen molar-refractivity contribution >= 4 is 5.97 Å². The van der Waals surface area contributed by atoms with Crippen molar-refractivity contribution in [3.05, 3.63) is 0 Å². The van der Waals surface area contributed by atoms with Gasteiger partial charge in [0.25, 0.3) is 0 Å². The molecule has 1 N–H and O–H groups in total. The first-order chi connectivity index (χ1) is 8.70. The molecule has 0 radical (unpaired) electrons. The molecule has 0 bridgehead atoms. The van der Waals surface area contributed by atoms with Gasteiger partial charge in [0, 0.05) is 6.42 Å². The van der Waals surface area contributed by atoms with Crippen molar-refractivity contribution in [3.8, 4) is 0 Å². The maximum atomic E-state index is 11.3. The molecule has 3 heteroatoms. The van der Waals surface area contributed by atoms with E-state index in [0.29, 0.717) is 6.42 Å². The molecular formula is C15H30O3. The van der Waals surface area contributed by atoms with Crippen LogP contribution in [0.5, 0.6) is 0 Å². The number of carbonyl (C=O) groups excluding carboxylic acids is 1. The van der Waals surface area contributed by atoms with Crippen LogP contribution in [0.4, 0.5) is 0 Å². The number of rotatable bonds is 12. The Labute approximate surface area is 112 Å². The first-order valence-corrected chi connectivity index (χ1v) is 7.51. The highest BCUT2D eigenvalue weighted by Gasteiger charge is 2.07. The molecule has 18 heavy (non-hydrogen) atoms. The number of hydrogen-bond acceptors (Lipinski definition) is 3.